The third-order valence-corrected chi connectivity index (χ3v) is 18.9. The first kappa shape index (κ1) is 19.9. The predicted molar refractivity (Wildman–Crippen MR) is 112 cm³/mol. The SMILES string of the molecule is CC[Si](CC)(CC)C1=C2CCCCC2=C([Si](CC)(CC)CC)C1=O. The van der Waals surface area contributed by atoms with E-state index in [1.54, 1.807) is 11.1 Å². The highest BCUT2D eigenvalue weighted by Gasteiger charge is 2.49. The van der Waals surface area contributed by atoms with E-state index in [1.807, 2.05) is 0 Å². The molecule has 1 nitrogen and oxygen atoms in total. The van der Waals surface area contributed by atoms with E-state index in [-0.39, 0.29) is 0 Å². The summed E-state index contributed by atoms with van der Waals surface area (Å²) in [7, 11) is -3.21. The molecule has 136 valence electrons. The Kier molecular flexibility index (Phi) is 6.52. The van der Waals surface area contributed by atoms with Crippen LogP contribution in [0.2, 0.25) is 36.3 Å². The first-order valence-corrected chi connectivity index (χ1v) is 15.8. The molecule has 0 atom stereocenters. The number of carbonyl (C=O) groups excluding carboxylic acids is 1. The van der Waals surface area contributed by atoms with Crippen LogP contribution in [0.1, 0.15) is 67.2 Å². The van der Waals surface area contributed by atoms with Crippen LogP contribution in [0.3, 0.4) is 0 Å². The molecule has 0 spiro atoms. The number of carbonyl (C=O) groups is 1. The minimum atomic E-state index is -1.60. The molecular formula is C21H38OSi2. The van der Waals surface area contributed by atoms with E-state index in [9.17, 15) is 4.79 Å². The van der Waals surface area contributed by atoms with E-state index in [4.69, 9.17) is 0 Å². The maximum atomic E-state index is 13.9. The summed E-state index contributed by atoms with van der Waals surface area (Å²) in [5, 5.41) is 2.82. The first-order chi connectivity index (χ1) is 11.5. The molecule has 0 amide bonds. The van der Waals surface area contributed by atoms with Gasteiger partial charge in [-0.3, -0.25) is 4.79 Å². The standard InChI is InChI=1S/C21H38OSi2/c1-7-23(8-2,9-3)20-17-15-13-14-16-18(17)21(19(20)22)24(10-4,11-5)12-6/h7-16H2,1-6H3. The highest BCUT2D eigenvalue weighted by molar-refractivity contribution is 6.97. The summed E-state index contributed by atoms with van der Waals surface area (Å²) in [5.74, 6) is 0.566. The smallest absolute Gasteiger partial charge is 0.177 e. The van der Waals surface area contributed by atoms with Crippen molar-refractivity contribution in [3.63, 3.8) is 0 Å². The molecule has 0 aromatic heterocycles. The molecule has 2 aliphatic carbocycles. The zero-order valence-electron chi connectivity index (χ0n) is 17.0. The molecule has 0 aromatic carbocycles. The Morgan fingerprint density at radius 3 is 1.17 bits per heavy atom. The fourth-order valence-electron chi connectivity index (χ4n) is 5.54. The van der Waals surface area contributed by atoms with Crippen molar-refractivity contribution in [3.05, 3.63) is 21.5 Å². The number of allylic oxidation sites excluding steroid dienone is 4. The Balaban J connectivity index is 2.66. The third kappa shape index (κ3) is 2.86. The van der Waals surface area contributed by atoms with Crippen molar-refractivity contribution in [2.24, 2.45) is 0 Å². The minimum Gasteiger partial charge on any atom is -0.290 e. The van der Waals surface area contributed by atoms with Gasteiger partial charge in [-0.15, -0.1) is 0 Å². The molecular weight excluding hydrogens is 324 g/mol. The molecule has 24 heavy (non-hydrogen) atoms. The number of fused-ring (bicyclic) bond motifs is 1. The summed E-state index contributed by atoms with van der Waals surface area (Å²) in [6.45, 7) is 14.1. The minimum absolute atomic E-state index is 0.566. The normalized spacial score (nSPS) is 19.3. The average Bonchev–Trinajstić information content (AvgIpc) is 2.93. The zero-order valence-corrected chi connectivity index (χ0v) is 19.0. The van der Waals surface area contributed by atoms with Crippen molar-refractivity contribution in [1.82, 2.24) is 0 Å². The number of hydrogen-bond acceptors (Lipinski definition) is 1. The average molecular weight is 363 g/mol. The zero-order chi connectivity index (χ0) is 18.0. The molecule has 0 saturated heterocycles. The van der Waals surface area contributed by atoms with Crippen LogP contribution in [-0.4, -0.2) is 21.9 Å². The second-order valence-electron chi connectivity index (χ2n) is 7.93. The van der Waals surface area contributed by atoms with Crippen molar-refractivity contribution in [3.8, 4) is 0 Å². The van der Waals surface area contributed by atoms with Gasteiger partial charge in [-0.25, -0.2) is 0 Å². The second kappa shape index (κ2) is 7.86. The molecule has 1 fully saturated rings. The van der Waals surface area contributed by atoms with Gasteiger partial charge >= 0.3 is 0 Å². The molecule has 0 bridgehead atoms. The molecule has 1 saturated carbocycles. The van der Waals surface area contributed by atoms with Crippen molar-refractivity contribution in [2.45, 2.75) is 103 Å². The summed E-state index contributed by atoms with van der Waals surface area (Å²) in [4.78, 5) is 13.9. The van der Waals surface area contributed by atoms with Crippen molar-refractivity contribution < 1.29 is 4.79 Å². The van der Waals surface area contributed by atoms with Crippen LogP contribution in [0, 0.1) is 0 Å². The molecule has 0 unspecified atom stereocenters. The van der Waals surface area contributed by atoms with Gasteiger partial charge in [-0.1, -0.05) is 77.8 Å². The molecule has 3 heteroatoms. The van der Waals surface area contributed by atoms with E-state index in [0.29, 0.717) is 5.78 Å². The lowest BCUT2D eigenvalue weighted by Gasteiger charge is -2.33. The summed E-state index contributed by atoms with van der Waals surface area (Å²) in [5.41, 5.74) is 3.15. The van der Waals surface area contributed by atoms with Crippen LogP contribution in [0.25, 0.3) is 0 Å². The first-order valence-electron chi connectivity index (χ1n) is 10.5. The quantitative estimate of drug-likeness (QED) is 0.432. The van der Waals surface area contributed by atoms with E-state index in [1.165, 1.54) is 72.3 Å². The van der Waals surface area contributed by atoms with E-state index >= 15 is 0 Å². The highest BCUT2D eigenvalue weighted by Crippen LogP contribution is 2.49. The number of ketones is 1. The number of hydrogen-bond donors (Lipinski definition) is 0. The van der Waals surface area contributed by atoms with E-state index < -0.39 is 16.1 Å². The lowest BCUT2D eigenvalue weighted by molar-refractivity contribution is -0.111. The monoisotopic (exact) mass is 362 g/mol. The fourth-order valence-corrected chi connectivity index (χ4v) is 13.8. The van der Waals surface area contributed by atoms with Gasteiger partial charge in [0.25, 0.3) is 0 Å². The Morgan fingerprint density at radius 2 is 0.917 bits per heavy atom. The van der Waals surface area contributed by atoms with Crippen molar-refractivity contribution >= 4 is 21.9 Å². The van der Waals surface area contributed by atoms with E-state index in [2.05, 4.69) is 41.5 Å². The molecule has 0 heterocycles. The lowest BCUT2D eigenvalue weighted by atomic mass is 9.92. The van der Waals surface area contributed by atoms with Crippen LogP contribution in [0.4, 0.5) is 0 Å². The van der Waals surface area contributed by atoms with Crippen LogP contribution < -0.4 is 0 Å². The van der Waals surface area contributed by atoms with Gasteiger partial charge in [0.2, 0.25) is 0 Å². The maximum Gasteiger partial charge on any atom is 0.177 e. The number of rotatable bonds is 8. The summed E-state index contributed by atoms with van der Waals surface area (Å²) < 4.78 is 0. The highest BCUT2D eigenvalue weighted by atomic mass is 28.3. The van der Waals surface area contributed by atoms with Crippen LogP contribution in [0.15, 0.2) is 21.5 Å². The predicted octanol–water partition coefficient (Wildman–Crippen LogP) is 6.83. The summed E-state index contributed by atoms with van der Waals surface area (Å²) >= 11 is 0. The molecule has 0 aromatic rings. The number of Topliss-reactive ketones (excluding diaryl/α,β-unsaturated/α-hetero) is 1. The van der Waals surface area contributed by atoms with Gasteiger partial charge in [0.05, 0.1) is 16.1 Å². The van der Waals surface area contributed by atoms with Crippen LogP contribution >= 0.6 is 0 Å². The Hall–Kier alpha value is -0.416. The molecule has 0 aliphatic heterocycles. The van der Waals surface area contributed by atoms with Crippen molar-refractivity contribution in [1.29, 1.82) is 0 Å². The molecule has 0 N–H and O–H groups in total. The molecule has 2 rings (SSSR count). The van der Waals surface area contributed by atoms with Gasteiger partial charge in [-0.2, -0.15) is 0 Å². The Morgan fingerprint density at radius 1 is 0.625 bits per heavy atom. The topological polar surface area (TPSA) is 17.1 Å². The maximum absolute atomic E-state index is 13.9. The Bertz CT molecular complexity index is 484. The van der Waals surface area contributed by atoms with Crippen molar-refractivity contribution in [2.75, 3.05) is 0 Å². The van der Waals surface area contributed by atoms with Gasteiger partial charge < -0.3 is 0 Å². The van der Waals surface area contributed by atoms with Gasteiger partial charge in [0.1, 0.15) is 0 Å². The largest absolute Gasteiger partial charge is 0.290 e. The third-order valence-electron chi connectivity index (χ3n) is 7.65. The van der Waals surface area contributed by atoms with Crippen LogP contribution in [-0.2, 0) is 4.79 Å². The second-order valence-corrected chi connectivity index (χ2v) is 18.3. The lowest BCUT2D eigenvalue weighted by Crippen LogP contribution is -2.43. The van der Waals surface area contributed by atoms with E-state index in [0.717, 1.165) is 0 Å². The molecule has 2 aliphatic rings. The Labute approximate surface area is 152 Å². The van der Waals surface area contributed by atoms with Gasteiger partial charge in [0, 0.05) is 0 Å². The molecule has 0 radical (unpaired) electrons. The summed E-state index contributed by atoms with van der Waals surface area (Å²) in [6, 6.07) is 7.44. The summed E-state index contributed by atoms with van der Waals surface area (Å²) in [6.07, 6.45) is 4.97. The van der Waals surface area contributed by atoms with Gasteiger partial charge in [0.15, 0.2) is 5.78 Å². The van der Waals surface area contributed by atoms with Crippen LogP contribution in [0.5, 0.6) is 0 Å². The fraction of sp³-hybridized carbons (Fsp3) is 0.762. The van der Waals surface area contributed by atoms with Gasteiger partial charge in [-0.05, 0) is 47.2 Å².